The van der Waals surface area contributed by atoms with E-state index in [1.807, 2.05) is 18.4 Å². The average molecular weight is 670 g/mol. The third-order valence-electron chi connectivity index (χ3n) is 6.61. The number of thiophene rings is 1. The van der Waals surface area contributed by atoms with Crippen LogP contribution in [-0.2, 0) is 38.0 Å². The van der Waals surface area contributed by atoms with E-state index >= 15 is 0 Å². The average Bonchev–Trinajstić information content (AvgIpc) is 3.76. The summed E-state index contributed by atoms with van der Waals surface area (Å²) in [5.41, 5.74) is 11.2. The molecule has 15 heteroatoms. The molecule has 1 atom stereocenters. The van der Waals surface area contributed by atoms with Gasteiger partial charge in [0.1, 0.15) is 6.04 Å². The predicted octanol–water partition coefficient (Wildman–Crippen LogP) is 4.14. The van der Waals surface area contributed by atoms with Crippen molar-refractivity contribution in [2.45, 2.75) is 51.3 Å². The van der Waals surface area contributed by atoms with Crippen molar-refractivity contribution in [2.75, 3.05) is 20.8 Å². The molecule has 1 fully saturated rings. The lowest BCUT2D eigenvalue weighted by atomic mass is 10.0. The maximum Gasteiger partial charge on any atom is 0.345 e. The molecule has 1 aromatic heterocycles. The third-order valence-corrected chi connectivity index (χ3v) is 7.66. The summed E-state index contributed by atoms with van der Waals surface area (Å²) in [5, 5.41) is 17.8. The number of carbonyl (C=O) groups is 3. The molecular formula is C31H39F4N5O5S. The fourth-order valence-corrected chi connectivity index (χ4v) is 5.64. The molecule has 252 valence electrons. The Bertz CT molecular complexity index is 1420. The fourth-order valence-electron chi connectivity index (χ4n) is 4.82. The van der Waals surface area contributed by atoms with Gasteiger partial charge in [-0.25, -0.2) is 0 Å². The topological polar surface area (TPSA) is 172 Å². The number of nitrogens with one attached hydrogen (secondary N) is 2. The van der Waals surface area contributed by atoms with Crippen LogP contribution in [0, 0.1) is 12.3 Å². The zero-order valence-corrected chi connectivity index (χ0v) is 26.5. The van der Waals surface area contributed by atoms with Crippen LogP contribution in [0.25, 0.3) is 11.1 Å². The minimum absolute atomic E-state index is 0.000638. The second-order valence-electron chi connectivity index (χ2n) is 9.53. The molecule has 2 aliphatic rings. The number of hydrogen-bond donors (Lipinski definition) is 5. The molecule has 1 saturated heterocycles. The Hall–Kier alpha value is -4.34. The Morgan fingerprint density at radius 3 is 2.30 bits per heavy atom. The Morgan fingerprint density at radius 1 is 1.15 bits per heavy atom. The van der Waals surface area contributed by atoms with Crippen LogP contribution in [0.2, 0.25) is 0 Å². The molecule has 1 unspecified atom stereocenters. The smallest absolute Gasteiger partial charge is 0.345 e. The number of fused-ring (bicyclic) bond motifs is 3. The molecule has 5 rings (SSSR count). The summed E-state index contributed by atoms with van der Waals surface area (Å²) in [6.45, 7) is 0.333. The Balaban J connectivity index is 0.000000704. The van der Waals surface area contributed by atoms with Gasteiger partial charge in [-0.3, -0.25) is 19.8 Å². The zero-order chi connectivity index (χ0) is 34.9. The maximum atomic E-state index is 15.0. The Labute approximate surface area is 268 Å². The van der Waals surface area contributed by atoms with Gasteiger partial charge >= 0.3 is 6.61 Å². The number of aliphatic hydroxyl groups is 1. The van der Waals surface area contributed by atoms with Crippen molar-refractivity contribution in [2.24, 2.45) is 11.5 Å². The second-order valence-corrected chi connectivity index (χ2v) is 10.5. The van der Waals surface area contributed by atoms with Crippen molar-refractivity contribution in [1.29, 1.82) is 5.41 Å². The summed E-state index contributed by atoms with van der Waals surface area (Å²) >= 11 is 1.59. The molecule has 0 bridgehead atoms. The number of carbonyl (C=O) groups excluding carboxylic acids is 3. The van der Waals surface area contributed by atoms with Crippen LogP contribution in [-0.4, -0.2) is 68.0 Å². The second kappa shape index (κ2) is 19.9. The molecule has 3 amide bonds. The summed E-state index contributed by atoms with van der Waals surface area (Å²) in [6, 6.07) is 12.9. The van der Waals surface area contributed by atoms with Gasteiger partial charge in [-0.1, -0.05) is 36.4 Å². The van der Waals surface area contributed by atoms with Gasteiger partial charge in [0.25, 0.3) is 5.92 Å². The van der Waals surface area contributed by atoms with Crippen LogP contribution < -0.4 is 16.8 Å². The number of aryl methyl sites for hydroxylation is 1. The van der Waals surface area contributed by atoms with Crippen molar-refractivity contribution >= 4 is 35.9 Å². The number of ether oxygens (including phenoxy) is 1. The molecule has 1 aliphatic carbocycles. The number of halogens is 4. The summed E-state index contributed by atoms with van der Waals surface area (Å²) in [6.07, 6.45) is 2.35. The molecule has 0 saturated carbocycles. The molecule has 7 N–H and O–H groups in total. The fraction of sp³-hybridized carbons (Fsp3) is 0.355. The van der Waals surface area contributed by atoms with Crippen molar-refractivity contribution < 1.29 is 41.8 Å². The normalized spacial score (nSPS) is 14.7. The van der Waals surface area contributed by atoms with E-state index in [9.17, 15) is 27.2 Å². The van der Waals surface area contributed by atoms with E-state index in [0.29, 0.717) is 36.2 Å². The van der Waals surface area contributed by atoms with Gasteiger partial charge in [0, 0.05) is 36.8 Å². The standard InChI is InChI=1S/C26H24F2N2O2S.C2H4F2O.CH4N2.CH3NO.CH4O/c1-16-11-18(33-15-16)14-29-25(32)23-7-4-10-30(23)24(31)13-17-8-9-20-19-5-2-3-6-21(19)26(27,28)22(20)12-17;1-5-2(3)4;2*2-1-3;1-2/h2-3,5-6,8-9,11-12,15,23H,4,7,10,13-14H2,1H3,(H,29,32);2H,1H3;1H,(H3,2,3);1H,(H2,2,3);2H,1H3. The highest BCUT2D eigenvalue weighted by Gasteiger charge is 2.44. The van der Waals surface area contributed by atoms with Crippen molar-refractivity contribution in [1.82, 2.24) is 10.2 Å². The van der Waals surface area contributed by atoms with E-state index in [4.69, 9.17) is 15.3 Å². The first kappa shape index (κ1) is 39.7. The van der Waals surface area contributed by atoms with E-state index in [1.54, 1.807) is 46.6 Å². The quantitative estimate of drug-likeness (QED) is 0.114. The third kappa shape index (κ3) is 10.9. The first-order chi connectivity index (χ1) is 21.9. The number of primary amides is 1. The highest BCUT2D eigenvalue weighted by Crippen LogP contribution is 2.51. The Kier molecular flexibility index (Phi) is 17.2. The van der Waals surface area contributed by atoms with E-state index in [2.05, 4.69) is 21.5 Å². The number of aliphatic hydroxyl groups excluding tert-OH is 1. The van der Waals surface area contributed by atoms with Gasteiger partial charge in [0.15, 0.2) is 0 Å². The SMILES string of the molecule is CO.COC(F)F.Cc1csc(CNC(=O)C2CCCN2C(=O)Cc2ccc3c(c2)C(F)(F)c2ccccc2-3)c1.N=CN.NC=O. The van der Waals surface area contributed by atoms with Crippen LogP contribution in [0.1, 0.15) is 40.0 Å². The van der Waals surface area contributed by atoms with Gasteiger partial charge in [-0.05, 0) is 59.5 Å². The molecule has 2 heterocycles. The van der Waals surface area contributed by atoms with Crippen LogP contribution in [0.5, 0.6) is 0 Å². The van der Waals surface area contributed by atoms with Gasteiger partial charge in [-0.2, -0.15) is 17.6 Å². The number of amides is 3. The minimum atomic E-state index is -3.08. The lowest BCUT2D eigenvalue weighted by Crippen LogP contribution is -2.46. The van der Waals surface area contributed by atoms with E-state index in [1.165, 1.54) is 12.1 Å². The monoisotopic (exact) mass is 669 g/mol. The van der Waals surface area contributed by atoms with Gasteiger partial charge in [0.05, 0.1) is 19.3 Å². The number of rotatable bonds is 6. The minimum Gasteiger partial charge on any atom is -0.400 e. The van der Waals surface area contributed by atoms with Crippen molar-refractivity contribution in [3.8, 4) is 11.1 Å². The largest absolute Gasteiger partial charge is 0.400 e. The van der Waals surface area contributed by atoms with E-state index in [-0.39, 0.29) is 35.8 Å². The molecule has 46 heavy (non-hydrogen) atoms. The summed E-state index contributed by atoms with van der Waals surface area (Å²) in [7, 11) is 1.95. The van der Waals surface area contributed by atoms with Crippen LogP contribution in [0.15, 0.2) is 53.9 Å². The lowest BCUT2D eigenvalue weighted by Gasteiger charge is -2.24. The molecule has 0 spiro atoms. The number of benzene rings is 2. The number of nitrogens with two attached hydrogens (primary N) is 2. The molecular weight excluding hydrogens is 630 g/mol. The highest BCUT2D eigenvalue weighted by atomic mass is 32.1. The highest BCUT2D eigenvalue weighted by molar-refractivity contribution is 7.10. The maximum absolute atomic E-state index is 15.0. The number of nitrogens with zero attached hydrogens (tertiary/aromatic N) is 1. The summed E-state index contributed by atoms with van der Waals surface area (Å²) in [4.78, 5) is 37.0. The molecule has 2 aromatic carbocycles. The number of methoxy groups -OCH3 is 1. The van der Waals surface area contributed by atoms with Crippen LogP contribution >= 0.6 is 11.3 Å². The Morgan fingerprint density at radius 2 is 1.74 bits per heavy atom. The summed E-state index contributed by atoms with van der Waals surface area (Å²) in [5.74, 6) is -3.46. The molecule has 1 aliphatic heterocycles. The van der Waals surface area contributed by atoms with Gasteiger partial charge in [0.2, 0.25) is 18.2 Å². The van der Waals surface area contributed by atoms with Crippen LogP contribution in [0.3, 0.4) is 0 Å². The van der Waals surface area contributed by atoms with E-state index < -0.39 is 18.6 Å². The van der Waals surface area contributed by atoms with Crippen LogP contribution in [0.4, 0.5) is 17.6 Å². The van der Waals surface area contributed by atoms with E-state index in [0.717, 1.165) is 37.4 Å². The van der Waals surface area contributed by atoms with Crippen molar-refractivity contribution in [3.05, 3.63) is 81.0 Å². The number of alkyl halides is 4. The molecule has 10 nitrogen and oxygen atoms in total. The number of likely N-dealkylation sites (tertiary alicyclic amines) is 1. The molecule has 0 radical (unpaired) electrons. The first-order valence-corrected chi connectivity index (χ1v) is 14.7. The summed E-state index contributed by atoms with van der Waals surface area (Å²) < 4.78 is 54.5. The zero-order valence-electron chi connectivity index (χ0n) is 25.6. The van der Waals surface area contributed by atoms with Crippen molar-refractivity contribution in [3.63, 3.8) is 0 Å². The van der Waals surface area contributed by atoms with Gasteiger partial charge in [-0.15, -0.1) is 11.3 Å². The predicted molar refractivity (Wildman–Crippen MR) is 169 cm³/mol. The molecule has 3 aromatic rings. The number of hydrogen-bond acceptors (Lipinski definition) is 7. The first-order valence-electron chi connectivity index (χ1n) is 13.8. The van der Waals surface area contributed by atoms with Gasteiger partial charge < -0.3 is 31.5 Å². The lowest BCUT2D eigenvalue weighted by molar-refractivity contribution is -0.138.